The van der Waals surface area contributed by atoms with Gasteiger partial charge in [0.1, 0.15) is 11.8 Å². The van der Waals surface area contributed by atoms with Crippen molar-refractivity contribution in [3.8, 4) is 0 Å². The van der Waals surface area contributed by atoms with E-state index in [4.69, 9.17) is 4.52 Å². The third kappa shape index (κ3) is 1.57. The number of rotatable bonds is 1. The van der Waals surface area contributed by atoms with Crippen molar-refractivity contribution in [2.75, 3.05) is 31.1 Å². The average molecular weight is 203 g/mol. The van der Waals surface area contributed by atoms with Crippen LogP contribution in [0.25, 0.3) is 10.9 Å². The monoisotopic (exact) mass is 203 g/mol. The van der Waals surface area contributed by atoms with Crippen LogP contribution in [0.3, 0.4) is 0 Å². The number of anilines is 1. The molecule has 1 saturated heterocycles. The molecule has 2 aromatic rings. The van der Waals surface area contributed by atoms with Crippen molar-refractivity contribution in [2.24, 2.45) is 0 Å². The minimum atomic E-state index is 0.925. The molecule has 0 unspecified atom stereocenters. The van der Waals surface area contributed by atoms with Gasteiger partial charge in [0, 0.05) is 37.3 Å². The Morgan fingerprint density at radius 3 is 3.00 bits per heavy atom. The molecule has 1 aliphatic heterocycles. The van der Waals surface area contributed by atoms with Gasteiger partial charge in [-0.3, -0.25) is 0 Å². The topological polar surface area (TPSA) is 41.3 Å². The van der Waals surface area contributed by atoms with E-state index >= 15 is 0 Å². The first-order chi connectivity index (χ1) is 7.43. The van der Waals surface area contributed by atoms with Crippen LogP contribution in [0.2, 0.25) is 0 Å². The third-order valence-corrected chi connectivity index (χ3v) is 2.82. The number of hydrogen-bond donors (Lipinski definition) is 1. The second kappa shape index (κ2) is 3.55. The van der Waals surface area contributed by atoms with Crippen LogP contribution in [-0.2, 0) is 0 Å². The first-order valence-electron chi connectivity index (χ1n) is 5.23. The van der Waals surface area contributed by atoms with Gasteiger partial charge in [0.25, 0.3) is 0 Å². The Kier molecular flexibility index (Phi) is 2.07. The van der Waals surface area contributed by atoms with Gasteiger partial charge < -0.3 is 14.7 Å². The number of hydrogen-bond acceptors (Lipinski definition) is 4. The zero-order valence-corrected chi connectivity index (χ0v) is 8.44. The molecule has 1 fully saturated rings. The molecule has 0 radical (unpaired) electrons. The van der Waals surface area contributed by atoms with E-state index in [9.17, 15) is 0 Å². The van der Waals surface area contributed by atoms with Crippen molar-refractivity contribution >= 4 is 16.6 Å². The molecule has 1 aromatic heterocycles. The molecule has 0 amide bonds. The molecular formula is C11H13N3O. The zero-order chi connectivity index (χ0) is 10.1. The molecule has 0 bridgehead atoms. The summed E-state index contributed by atoms with van der Waals surface area (Å²) in [6.07, 6.45) is 1.70. The van der Waals surface area contributed by atoms with E-state index < -0.39 is 0 Å². The van der Waals surface area contributed by atoms with Crippen LogP contribution in [0.1, 0.15) is 0 Å². The normalized spacial score (nSPS) is 17.2. The number of aromatic nitrogens is 1. The van der Waals surface area contributed by atoms with Crippen molar-refractivity contribution in [3.05, 3.63) is 24.5 Å². The molecule has 15 heavy (non-hydrogen) atoms. The molecule has 1 aliphatic rings. The second-order valence-electron chi connectivity index (χ2n) is 3.79. The highest BCUT2D eigenvalue weighted by Crippen LogP contribution is 2.21. The van der Waals surface area contributed by atoms with Gasteiger partial charge in [0.15, 0.2) is 0 Å². The van der Waals surface area contributed by atoms with Crippen LogP contribution in [0, 0.1) is 0 Å². The third-order valence-electron chi connectivity index (χ3n) is 2.82. The van der Waals surface area contributed by atoms with Crippen LogP contribution in [-0.4, -0.2) is 31.3 Å². The number of nitrogens with zero attached hydrogens (tertiary/aromatic N) is 2. The Labute approximate surface area is 87.8 Å². The molecule has 0 aliphatic carbocycles. The zero-order valence-electron chi connectivity index (χ0n) is 8.44. The summed E-state index contributed by atoms with van der Waals surface area (Å²) >= 11 is 0. The van der Waals surface area contributed by atoms with Crippen molar-refractivity contribution in [3.63, 3.8) is 0 Å². The maximum atomic E-state index is 4.93. The SMILES string of the molecule is c1cc2nocc2cc1N1CCNCC1. The quantitative estimate of drug-likeness (QED) is 0.757. The van der Waals surface area contributed by atoms with Crippen LogP contribution in [0.15, 0.2) is 29.0 Å². The number of benzene rings is 1. The molecule has 0 saturated carbocycles. The smallest absolute Gasteiger partial charge is 0.131 e. The minimum Gasteiger partial charge on any atom is -0.369 e. The molecule has 2 heterocycles. The number of piperazine rings is 1. The summed E-state index contributed by atoms with van der Waals surface area (Å²) in [6.45, 7) is 4.25. The molecule has 1 N–H and O–H groups in total. The van der Waals surface area contributed by atoms with Gasteiger partial charge in [-0.05, 0) is 18.2 Å². The summed E-state index contributed by atoms with van der Waals surface area (Å²) in [6, 6.07) is 6.25. The summed E-state index contributed by atoms with van der Waals surface area (Å²) in [5.74, 6) is 0. The van der Waals surface area contributed by atoms with E-state index in [0.29, 0.717) is 0 Å². The van der Waals surface area contributed by atoms with E-state index in [1.165, 1.54) is 5.69 Å². The van der Waals surface area contributed by atoms with Crippen molar-refractivity contribution in [1.29, 1.82) is 0 Å². The van der Waals surface area contributed by atoms with Gasteiger partial charge in [0.05, 0.1) is 0 Å². The largest absolute Gasteiger partial charge is 0.369 e. The fraction of sp³-hybridized carbons (Fsp3) is 0.364. The lowest BCUT2D eigenvalue weighted by Gasteiger charge is -2.29. The van der Waals surface area contributed by atoms with Crippen LogP contribution in [0.5, 0.6) is 0 Å². The van der Waals surface area contributed by atoms with E-state index in [0.717, 1.165) is 37.1 Å². The first kappa shape index (κ1) is 8.73. The summed E-state index contributed by atoms with van der Waals surface area (Å²) in [5, 5.41) is 8.32. The van der Waals surface area contributed by atoms with E-state index in [2.05, 4.69) is 27.5 Å². The molecule has 78 valence electrons. The van der Waals surface area contributed by atoms with Gasteiger partial charge in [0.2, 0.25) is 0 Å². The number of nitrogens with one attached hydrogen (secondary N) is 1. The Morgan fingerprint density at radius 2 is 2.13 bits per heavy atom. The Balaban J connectivity index is 1.95. The fourth-order valence-corrected chi connectivity index (χ4v) is 1.98. The maximum Gasteiger partial charge on any atom is 0.131 e. The summed E-state index contributed by atoms with van der Waals surface area (Å²) in [4.78, 5) is 2.38. The Hall–Kier alpha value is -1.55. The van der Waals surface area contributed by atoms with Gasteiger partial charge >= 0.3 is 0 Å². The second-order valence-corrected chi connectivity index (χ2v) is 3.79. The van der Waals surface area contributed by atoms with Crippen molar-refractivity contribution in [2.45, 2.75) is 0 Å². The highest BCUT2D eigenvalue weighted by Gasteiger charge is 2.11. The standard InChI is InChI=1S/C11H13N3O/c1-2-11-9(8-15-13-11)7-10(1)14-5-3-12-4-6-14/h1-2,7-8,12H,3-6H2. The maximum absolute atomic E-state index is 4.93. The lowest BCUT2D eigenvalue weighted by molar-refractivity contribution is 0.428. The first-order valence-corrected chi connectivity index (χ1v) is 5.23. The summed E-state index contributed by atoms with van der Waals surface area (Å²) < 4.78 is 4.93. The molecule has 4 heteroatoms. The van der Waals surface area contributed by atoms with E-state index in [1.807, 2.05) is 6.07 Å². The van der Waals surface area contributed by atoms with Crippen LogP contribution < -0.4 is 10.2 Å². The van der Waals surface area contributed by atoms with Crippen LogP contribution in [0.4, 0.5) is 5.69 Å². The van der Waals surface area contributed by atoms with E-state index in [-0.39, 0.29) is 0 Å². The highest BCUT2D eigenvalue weighted by molar-refractivity contribution is 5.81. The van der Waals surface area contributed by atoms with Crippen molar-refractivity contribution < 1.29 is 4.52 Å². The molecular weight excluding hydrogens is 190 g/mol. The van der Waals surface area contributed by atoms with Crippen molar-refractivity contribution in [1.82, 2.24) is 10.5 Å². The highest BCUT2D eigenvalue weighted by atomic mass is 16.5. The molecule has 3 rings (SSSR count). The summed E-state index contributed by atoms with van der Waals surface area (Å²) in [5.41, 5.74) is 2.18. The average Bonchev–Trinajstić information content (AvgIpc) is 2.77. The molecule has 4 nitrogen and oxygen atoms in total. The van der Waals surface area contributed by atoms with Gasteiger partial charge in [-0.15, -0.1) is 0 Å². The Morgan fingerprint density at radius 1 is 1.27 bits per heavy atom. The van der Waals surface area contributed by atoms with Gasteiger partial charge in [-0.2, -0.15) is 0 Å². The molecule has 0 spiro atoms. The lowest BCUT2D eigenvalue weighted by Crippen LogP contribution is -2.43. The molecule has 1 aromatic carbocycles. The van der Waals surface area contributed by atoms with Crippen LogP contribution >= 0.6 is 0 Å². The minimum absolute atomic E-state index is 0.925. The molecule has 0 atom stereocenters. The van der Waals surface area contributed by atoms with Gasteiger partial charge in [-0.25, -0.2) is 0 Å². The predicted molar refractivity (Wildman–Crippen MR) is 59.1 cm³/mol. The Bertz CT molecular complexity index is 460. The van der Waals surface area contributed by atoms with Gasteiger partial charge in [-0.1, -0.05) is 5.16 Å². The van der Waals surface area contributed by atoms with E-state index in [1.54, 1.807) is 6.26 Å². The predicted octanol–water partition coefficient (Wildman–Crippen LogP) is 1.24. The summed E-state index contributed by atoms with van der Waals surface area (Å²) in [7, 11) is 0. The lowest BCUT2D eigenvalue weighted by atomic mass is 10.2. The number of fused-ring (bicyclic) bond motifs is 1. The fourth-order valence-electron chi connectivity index (χ4n) is 1.98.